The molecule has 0 bridgehead atoms. The first kappa shape index (κ1) is 12.1. The predicted octanol–water partition coefficient (Wildman–Crippen LogP) is 1.37. The Morgan fingerprint density at radius 2 is 2.24 bits per heavy atom. The number of anilines is 1. The molecule has 6 nitrogen and oxygen atoms in total. The number of halogens is 1. The van der Waals surface area contributed by atoms with Crippen LogP contribution < -0.4 is 5.32 Å². The number of hydrogen-bond acceptors (Lipinski definition) is 5. The van der Waals surface area contributed by atoms with E-state index >= 15 is 0 Å². The monoisotopic (exact) mass is 254 g/mol. The number of rotatable bonds is 4. The highest BCUT2D eigenvalue weighted by Crippen LogP contribution is 2.19. The maximum absolute atomic E-state index is 5.84. The predicted molar refractivity (Wildman–Crippen MR) is 68.3 cm³/mol. The molecule has 1 atom stereocenters. The maximum atomic E-state index is 5.84. The lowest BCUT2D eigenvalue weighted by Crippen LogP contribution is -2.30. The zero-order chi connectivity index (χ0) is 12.4. The molecule has 0 aliphatic heterocycles. The summed E-state index contributed by atoms with van der Waals surface area (Å²) >= 11 is 5.84. The molecule has 7 heteroatoms. The highest BCUT2D eigenvalue weighted by Gasteiger charge is 2.11. The van der Waals surface area contributed by atoms with Gasteiger partial charge in [-0.1, -0.05) is 0 Å². The van der Waals surface area contributed by atoms with Crippen molar-refractivity contribution >= 4 is 28.6 Å². The van der Waals surface area contributed by atoms with Crippen molar-refractivity contribution in [3.63, 3.8) is 0 Å². The maximum Gasteiger partial charge on any atom is 0.226 e. The molecular weight excluding hydrogens is 240 g/mol. The molecule has 0 aromatic carbocycles. The standard InChI is InChI=1S/C10H15ClN6/c1-6(4-17(2)3)14-9-7-8(13-5-12-7)15-10(11)16-9/h5-6H,4H2,1-3H3,(H2,12,13,14,15,16). The van der Waals surface area contributed by atoms with Crippen molar-refractivity contribution < 1.29 is 0 Å². The number of fused-ring (bicyclic) bond motifs is 1. The summed E-state index contributed by atoms with van der Waals surface area (Å²) in [6.07, 6.45) is 1.58. The van der Waals surface area contributed by atoms with Gasteiger partial charge in [-0.05, 0) is 32.6 Å². The van der Waals surface area contributed by atoms with Crippen LogP contribution in [-0.4, -0.2) is 51.5 Å². The van der Waals surface area contributed by atoms with Crippen molar-refractivity contribution in [2.45, 2.75) is 13.0 Å². The summed E-state index contributed by atoms with van der Waals surface area (Å²) in [7, 11) is 4.05. The summed E-state index contributed by atoms with van der Waals surface area (Å²) in [5.74, 6) is 0.687. The van der Waals surface area contributed by atoms with Crippen LogP contribution in [0.5, 0.6) is 0 Å². The Balaban J connectivity index is 2.25. The normalized spacial score (nSPS) is 13.2. The van der Waals surface area contributed by atoms with E-state index in [0.29, 0.717) is 11.5 Å². The SMILES string of the molecule is CC(CN(C)C)Nc1nc(Cl)nc2nc[nH]c12. The summed E-state index contributed by atoms with van der Waals surface area (Å²) in [6.45, 7) is 2.98. The first-order valence-corrected chi connectivity index (χ1v) is 5.72. The lowest BCUT2D eigenvalue weighted by Gasteiger charge is -2.18. The Morgan fingerprint density at radius 1 is 1.47 bits per heavy atom. The van der Waals surface area contributed by atoms with E-state index in [9.17, 15) is 0 Å². The number of aromatic nitrogens is 4. The Morgan fingerprint density at radius 3 is 2.94 bits per heavy atom. The second kappa shape index (κ2) is 4.85. The van der Waals surface area contributed by atoms with Gasteiger partial charge in [0.2, 0.25) is 5.28 Å². The van der Waals surface area contributed by atoms with E-state index in [4.69, 9.17) is 11.6 Å². The van der Waals surface area contributed by atoms with Crippen molar-refractivity contribution in [3.05, 3.63) is 11.6 Å². The summed E-state index contributed by atoms with van der Waals surface area (Å²) in [5, 5.41) is 3.49. The molecule has 2 N–H and O–H groups in total. The summed E-state index contributed by atoms with van der Waals surface area (Å²) in [6, 6.07) is 0.252. The van der Waals surface area contributed by atoms with Gasteiger partial charge in [0.15, 0.2) is 11.5 Å². The molecule has 2 aromatic heterocycles. The quantitative estimate of drug-likeness (QED) is 0.807. The molecule has 17 heavy (non-hydrogen) atoms. The molecule has 0 saturated carbocycles. The van der Waals surface area contributed by atoms with Gasteiger partial charge in [-0.15, -0.1) is 0 Å². The van der Waals surface area contributed by atoms with Gasteiger partial charge in [0.05, 0.1) is 6.33 Å². The van der Waals surface area contributed by atoms with Crippen LogP contribution in [0.25, 0.3) is 11.2 Å². The third-order valence-corrected chi connectivity index (χ3v) is 2.45. The van der Waals surface area contributed by atoms with Crippen LogP contribution in [0.3, 0.4) is 0 Å². The van der Waals surface area contributed by atoms with E-state index in [1.807, 2.05) is 14.1 Å². The Hall–Kier alpha value is -1.40. The third-order valence-electron chi connectivity index (χ3n) is 2.28. The zero-order valence-electron chi connectivity index (χ0n) is 10.0. The van der Waals surface area contributed by atoms with E-state index < -0.39 is 0 Å². The molecule has 1 unspecified atom stereocenters. The van der Waals surface area contributed by atoms with Crippen LogP contribution in [0.15, 0.2) is 6.33 Å². The van der Waals surface area contributed by atoms with Crippen molar-refractivity contribution in [3.8, 4) is 0 Å². The number of hydrogen-bond donors (Lipinski definition) is 2. The van der Waals surface area contributed by atoms with Crippen LogP contribution in [0.2, 0.25) is 5.28 Å². The largest absolute Gasteiger partial charge is 0.364 e. The smallest absolute Gasteiger partial charge is 0.226 e. The highest BCUT2D eigenvalue weighted by molar-refractivity contribution is 6.28. The number of aromatic amines is 1. The van der Waals surface area contributed by atoms with Gasteiger partial charge in [0, 0.05) is 12.6 Å². The van der Waals surface area contributed by atoms with Gasteiger partial charge in [0.1, 0.15) is 5.52 Å². The third kappa shape index (κ3) is 2.83. The lowest BCUT2D eigenvalue weighted by molar-refractivity contribution is 0.392. The highest BCUT2D eigenvalue weighted by atomic mass is 35.5. The van der Waals surface area contributed by atoms with Crippen LogP contribution in [0, 0.1) is 0 Å². The minimum Gasteiger partial charge on any atom is -0.364 e. The molecule has 0 spiro atoms. The fourth-order valence-electron chi connectivity index (χ4n) is 1.74. The topological polar surface area (TPSA) is 69.7 Å². The first-order valence-electron chi connectivity index (χ1n) is 5.34. The van der Waals surface area contributed by atoms with Crippen LogP contribution >= 0.6 is 11.6 Å². The molecule has 2 heterocycles. The van der Waals surface area contributed by atoms with Gasteiger partial charge in [0.25, 0.3) is 0 Å². The van der Waals surface area contributed by atoms with Gasteiger partial charge in [-0.2, -0.15) is 9.97 Å². The summed E-state index contributed by atoms with van der Waals surface area (Å²) in [4.78, 5) is 17.4. The molecular formula is C10H15ClN6. The molecule has 92 valence electrons. The van der Waals surface area contributed by atoms with Crippen molar-refractivity contribution in [1.29, 1.82) is 0 Å². The molecule has 0 aliphatic carbocycles. The average Bonchev–Trinajstić information content (AvgIpc) is 2.63. The van der Waals surface area contributed by atoms with Gasteiger partial charge in [-0.3, -0.25) is 0 Å². The number of nitrogens with one attached hydrogen (secondary N) is 2. The zero-order valence-corrected chi connectivity index (χ0v) is 10.8. The number of H-pyrrole nitrogens is 1. The van der Waals surface area contributed by atoms with Gasteiger partial charge >= 0.3 is 0 Å². The van der Waals surface area contributed by atoms with Gasteiger partial charge < -0.3 is 15.2 Å². The molecule has 0 fully saturated rings. The fraction of sp³-hybridized carbons (Fsp3) is 0.500. The average molecular weight is 255 g/mol. The van der Waals surface area contributed by atoms with Gasteiger partial charge in [-0.25, -0.2) is 4.98 Å². The molecule has 0 amide bonds. The second-order valence-electron chi connectivity index (χ2n) is 4.25. The summed E-state index contributed by atoms with van der Waals surface area (Å²) in [5.41, 5.74) is 1.35. The molecule has 0 aliphatic rings. The molecule has 0 radical (unpaired) electrons. The molecule has 0 saturated heterocycles. The van der Waals surface area contributed by atoms with E-state index in [1.54, 1.807) is 6.33 Å². The fourth-order valence-corrected chi connectivity index (χ4v) is 1.90. The van der Waals surface area contributed by atoms with Crippen molar-refractivity contribution in [2.24, 2.45) is 0 Å². The number of likely N-dealkylation sites (N-methyl/N-ethyl adjacent to an activating group) is 1. The van der Waals surface area contributed by atoms with Crippen LogP contribution in [-0.2, 0) is 0 Å². The van der Waals surface area contributed by atoms with E-state index in [0.717, 1.165) is 12.1 Å². The van der Waals surface area contributed by atoms with Crippen molar-refractivity contribution in [2.75, 3.05) is 26.0 Å². The Bertz CT molecular complexity index is 508. The van der Waals surface area contributed by atoms with E-state index in [1.165, 1.54) is 0 Å². The minimum absolute atomic E-state index is 0.198. The molecule has 2 aromatic rings. The second-order valence-corrected chi connectivity index (χ2v) is 4.59. The van der Waals surface area contributed by atoms with Crippen LogP contribution in [0.4, 0.5) is 5.82 Å². The first-order chi connectivity index (χ1) is 8.06. The van der Waals surface area contributed by atoms with E-state index in [-0.39, 0.29) is 11.3 Å². The minimum atomic E-state index is 0.198. The molecule has 2 rings (SSSR count). The number of imidazole rings is 1. The number of nitrogens with zero attached hydrogens (tertiary/aromatic N) is 4. The summed E-state index contributed by atoms with van der Waals surface area (Å²) < 4.78 is 0. The van der Waals surface area contributed by atoms with Crippen molar-refractivity contribution in [1.82, 2.24) is 24.8 Å². The van der Waals surface area contributed by atoms with E-state index in [2.05, 4.69) is 37.1 Å². The van der Waals surface area contributed by atoms with Crippen LogP contribution in [0.1, 0.15) is 6.92 Å². The Kier molecular flexibility index (Phi) is 3.44. The lowest BCUT2D eigenvalue weighted by atomic mass is 10.3. The Labute approximate surface area is 104 Å².